The number of anilines is 1. The lowest BCUT2D eigenvalue weighted by atomic mass is 9.88. The second-order valence-electron chi connectivity index (χ2n) is 10.0. The Bertz CT molecular complexity index is 1310. The predicted octanol–water partition coefficient (Wildman–Crippen LogP) is 2.71. The molecule has 3 heterocycles. The molecule has 0 radical (unpaired) electrons. The van der Waals surface area contributed by atoms with Gasteiger partial charge < -0.3 is 10.6 Å². The molecule has 0 spiro atoms. The van der Waals surface area contributed by atoms with Crippen molar-refractivity contribution >= 4 is 17.5 Å². The van der Waals surface area contributed by atoms with Gasteiger partial charge in [0.15, 0.2) is 5.95 Å². The zero-order chi connectivity index (χ0) is 25.4. The fourth-order valence-electron chi connectivity index (χ4n) is 4.86. The van der Waals surface area contributed by atoms with Crippen molar-refractivity contribution < 1.29 is 14.0 Å². The van der Waals surface area contributed by atoms with Crippen molar-refractivity contribution in [3.05, 3.63) is 64.3 Å². The van der Waals surface area contributed by atoms with E-state index in [1.807, 2.05) is 13.8 Å². The van der Waals surface area contributed by atoms with Crippen LogP contribution < -0.4 is 16.2 Å². The second kappa shape index (κ2) is 9.71. The molecule has 0 unspecified atom stereocenters. The number of hydrogen-bond donors (Lipinski definition) is 3. The maximum Gasteiger partial charge on any atom is 0.270 e. The number of rotatable bonds is 10. The lowest BCUT2D eigenvalue weighted by Crippen LogP contribution is -2.50. The molecule has 3 aromatic heterocycles. The van der Waals surface area contributed by atoms with Crippen molar-refractivity contribution in [2.75, 3.05) is 5.32 Å². The molecular weight excluding hydrogens is 465 g/mol. The number of pyridine rings is 1. The third kappa shape index (κ3) is 5.24. The molecule has 10 nitrogen and oxygen atoms in total. The summed E-state index contributed by atoms with van der Waals surface area (Å²) in [6.45, 7) is 4.02. The molecule has 190 valence electrons. The van der Waals surface area contributed by atoms with Gasteiger partial charge in [-0.2, -0.15) is 14.6 Å². The van der Waals surface area contributed by atoms with Crippen molar-refractivity contribution in [1.29, 1.82) is 0 Å². The van der Waals surface area contributed by atoms with Crippen LogP contribution in [-0.2, 0) is 11.3 Å². The summed E-state index contributed by atoms with van der Waals surface area (Å²) in [6.07, 6.45) is 8.94. The summed E-state index contributed by atoms with van der Waals surface area (Å²) in [6, 6.07) is 3.56. The Balaban J connectivity index is 1.33. The summed E-state index contributed by atoms with van der Waals surface area (Å²) < 4.78 is 16.3. The SMILES string of the molecule is CC(C)n1nccc1C(=O)N[C@H](C(=O)Nc1cnn(Cc2ccc(F)[nH]c2=O)c1)C(C1CC1)C1CC1. The van der Waals surface area contributed by atoms with Crippen LogP contribution in [0.1, 0.15) is 61.6 Å². The lowest BCUT2D eigenvalue weighted by molar-refractivity contribution is -0.119. The van der Waals surface area contributed by atoms with Crippen molar-refractivity contribution in [1.82, 2.24) is 29.9 Å². The smallest absolute Gasteiger partial charge is 0.270 e. The molecule has 2 aliphatic rings. The number of amides is 2. The van der Waals surface area contributed by atoms with Crippen LogP contribution in [-0.4, -0.2) is 42.4 Å². The first-order chi connectivity index (χ1) is 17.3. The highest BCUT2D eigenvalue weighted by molar-refractivity contribution is 6.00. The Labute approximate surface area is 207 Å². The van der Waals surface area contributed by atoms with Crippen LogP contribution in [0.4, 0.5) is 10.1 Å². The Morgan fingerprint density at radius 2 is 1.86 bits per heavy atom. The van der Waals surface area contributed by atoms with Gasteiger partial charge in [-0.15, -0.1) is 0 Å². The molecule has 0 aliphatic heterocycles. The molecule has 3 aromatic rings. The molecule has 36 heavy (non-hydrogen) atoms. The van der Waals surface area contributed by atoms with Gasteiger partial charge in [0.2, 0.25) is 5.91 Å². The van der Waals surface area contributed by atoms with E-state index in [2.05, 4.69) is 25.8 Å². The third-order valence-corrected chi connectivity index (χ3v) is 6.87. The zero-order valence-electron chi connectivity index (χ0n) is 20.3. The van der Waals surface area contributed by atoms with Crippen LogP contribution in [0.2, 0.25) is 0 Å². The van der Waals surface area contributed by atoms with Crippen LogP contribution in [0.25, 0.3) is 0 Å². The average Bonchev–Trinajstić information content (AvgIpc) is 3.75. The summed E-state index contributed by atoms with van der Waals surface area (Å²) in [5.74, 6) is -0.381. The summed E-state index contributed by atoms with van der Waals surface area (Å²) in [4.78, 5) is 40.8. The Hall–Kier alpha value is -3.76. The number of H-pyrrole nitrogens is 1. The maximum atomic E-state index is 13.5. The van der Waals surface area contributed by atoms with E-state index in [0.29, 0.717) is 28.8 Å². The van der Waals surface area contributed by atoms with Gasteiger partial charge in [0.25, 0.3) is 11.5 Å². The molecule has 0 saturated heterocycles. The van der Waals surface area contributed by atoms with E-state index >= 15 is 0 Å². The third-order valence-electron chi connectivity index (χ3n) is 6.87. The molecule has 2 saturated carbocycles. The van der Waals surface area contributed by atoms with Crippen LogP contribution in [0.15, 0.2) is 41.6 Å². The number of aromatic nitrogens is 5. The minimum absolute atomic E-state index is 0.00914. The number of nitrogens with one attached hydrogen (secondary N) is 3. The lowest BCUT2D eigenvalue weighted by Gasteiger charge is -2.27. The van der Waals surface area contributed by atoms with Crippen LogP contribution >= 0.6 is 0 Å². The summed E-state index contributed by atoms with van der Waals surface area (Å²) >= 11 is 0. The first kappa shape index (κ1) is 24.0. The Morgan fingerprint density at radius 1 is 1.14 bits per heavy atom. The van der Waals surface area contributed by atoms with Crippen LogP contribution in [0.5, 0.6) is 0 Å². The van der Waals surface area contributed by atoms with Gasteiger partial charge in [-0.3, -0.25) is 28.7 Å². The Kier molecular flexibility index (Phi) is 6.46. The van der Waals surface area contributed by atoms with Gasteiger partial charge in [-0.05, 0) is 75.5 Å². The second-order valence-corrected chi connectivity index (χ2v) is 10.0. The number of nitrogens with zero attached hydrogens (tertiary/aromatic N) is 4. The highest BCUT2D eigenvalue weighted by atomic mass is 19.1. The van der Waals surface area contributed by atoms with Crippen molar-refractivity contribution in [2.45, 2.75) is 58.2 Å². The molecule has 3 N–H and O–H groups in total. The first-order valence-corrected chi connectivity index (χ1v) is 12.4. The molecule has 0 aromatic carbocycles. The minimum atomic E-state index is -0.706. The van der Waals surface area contributed by atoms with E-state index in [4.69, 9.17) is 0 Å². The van der Waals surface area contributed by atoms with Crippen LogP contribution in [0, 0.1) is 23.7 Å². The van der Waals surface area contributed by atoms with E-state index < -0.39 is 17.5 Å². The van der Waals surface area contributed by atoms with Crippen LogP contribution in [0.3, 0.4) is 0 Å². The first-order valence-electron chi connectivity index (χ1n) is 12.4. The fourth-order valence-corrected chi connectivity index (χ4v) is 4.86. The number of carbonyl (C=O) groups is 2. The van der Waals surface area contributed by atoms with E-state index in [0.717, 1.165) is 25.7 Å². The molecule has 2 amide bonds. The zero-order valence-corrected chi connectivity index (χ0v) is 20.3. The average molecular weight is 496 g/mol. The Morgan fingerprint density at radius 3 is 2.50 bits per heavy atom. The number of hydrogen-bond acceptors (Lipinski definition) is 5. The van der Waals surface area contributed by atoms with Gasteiger partial charge in [0.05, 0.1) is 18.4 Å². The summed E-state index contributed by atoms with van der Waals surface area (Å²) in [7, 11) is 0. The van der Waals surface area contributed by atoms with Crippen molar-refractivity contribution in [3.63, 3.8) is 0 Å². The molecule has 1 atom stereocenters. The molecular formula is C25H30FN7O3. The minimum Gasteiger partial charge on any atom is -0.339 e. The summed E-state index contributed by atoms with van der Waals surface area (Å²) in [5.41, 5.74) is 0.684. The predicted molar refractivity (Wildman–Crippen MR) is 130 cm³/mol. The monoisotopic (exact) mass is 495 g/mol. The molecule has 11 heteroatoms. The fraction of sp³-hybridized carbons (Fsp3) is 0.480. The number of aromatic amines is 1. The largest absolute Gasteiger partial charge is 0.339 e. The quantitative estimate of drug-likeness (QED) is 0.373. The number of carbonyl (C=O) groups excluding carboxylic acids is 2. The highest BCUT2D eigenvalue weighted by Gasteiger charge is 2.48. The number of halogens is 1. The van der Waals surface area contributed by atoms with E-state index in [9.17, 15) is 18.8 Å². The van der Waals surface area contributed by atoms with Gasteiger partial charge in [0.1, 0.15) is 11.7 Å². The summed E-state index contributed by atoms with van der Waals surface area (Å²) in [5, 5.41) is 14.4. The maximum absolute atomic E-state index is 13.5. The van der Waals surface area contributed by atoms with E-state index in [1.165, 1.54) is 23.0 Å². The van der Waals surface area contributed by atoms with Gasteiger partial charge in [-0.25, -0.2) is 0 Å². The highest BCUT2D eigenvalue weighted by Crippen LogP contribution is 2.50. The van der Waals surface area contributed by atoms with Gasteiger partial charge >= 0.3 is 0 Å². The normalized spacial score (nSPS) is 16.4. The molecule has 5 rings (SSSR count). The standard InChI is InChI=1S/C25H30FN7O3/c1-14(2)33-19(9-10-27-33)24(35)31-22(21(15-3-4-15)16-5-6-16)25(36)29-18-11-28-32(13-18)12-17-7-8-20(26)30-23(17)34/h7-11,13-16,21-22H,3-6,12H2,1-2H3,(H,29,36)(H,30,34)(H,31,35)/t22-/m0/s1. The van der Waals surface area contributed by atoms with Crippen molar-refractivity contribution in [2.24, 2.45) is 17.8 Å². The molecule has 2 fully saturated rings. The van der Waals surface area contributed by atoms with Gasteiger partial charge in [-0.1, -0.05) is 0 Å². The van der Waals surface area contributed by atoms with E-state index in [1.54, 1.807) is 23.1 Å². The van der Waals surface area contributed by atoms with Crippen molar-refractivity contribution in [3.8, 4) is 0 Å². The van der Waals surface area contributed by atoms with Gasteiger partial charge in [0, 0.05) is 24.0 Å². The van der Waals surface area contributed by atoms with E-state index in [-0.39, 0.29) is 30.3 Å². The molecule has 2 aliphatic carbocycles. The topological polar surface area (TPSA) is 127 Å². The molecule has 0 bridgehead atoms.